The molecule has 1 rings (SSSR count). The van der Waals surface area contributed by atoms with Crippen molar-refractivity contribution >= 4 is 0 Å². The summed E-state index contributed by atoms with van der Waals surface area (Å²) in [6, 6.07) is 0.581. The first-order valence-electron chi connectivity index (χ1n) is 6.59. The quantitative estimate of drug-likeness (QED) is 0.745. The lowest BCUT2D eigenvalue weighted by atomic mass is 9.94. The van der Waals surface area contributed by atoms with Gasteiger partial charge in [0, 0.05) is 19.1 Å². The van der Waals surface area contributed by atoms with Gasteiger partial charge in [-0.15, -0.1) is 0 Å². The lowest BCUT2D eigenvalue weighted by Gasteiger charge is -2.35. The largest absolute Gasteiger partial charge is 0.392 e. The Morgan fingerprint density at radius 2 is 2.12 bits per heavy atom. The van der Waals surface area contributed by atoms with E-state index in [0.717, 1.165) is 19.5 Å². The van der Waals surface area contributed by atoms with Crippen molar-refractivity contribution in [2.24, 2.45) is 11.8 Å². The van der Waals surface area contributed by atoms with E-state index in [1.807, 2.05) is 0 Å². The minimum absolute atomic E-state index is 0.188. The van der Waals surface area contributed by atoms with Crippen molar-refractivity contribution in [2.45, 2.75) is 45.8 Å². The van der Waals surface area contributed by atoms with Gasteiger partial charge in [-0.2, -0.15) is 0 Å². The second kappa shape index (κ2) is 6.58. The topological polar surface area (TPSA) is 35.5 Å². The molecule has 3 nitrogen and oxygen atoms in total. The molecule has 3 heteroatoms. The van der Waals surface area contributed by atoms with E-state index in [4.69, 9.17) is 0 Å². The van der Waals surface area contributed by atoms with Crippen LogP contribution in [-0.2, 0) is 0 Å². The highest BCUT2D eigenvalue weighted by Crippen LogP contribution is 2.15. The normalized spacial score (nSPS) is 29.6. The Morgan fingerprint density at radius 1 is 1.44 bits per heavy atom. The van der Waals surface area contributed by atoms with Crippen LogP contribution in [0, 0.1) is 11.8 Å². The van der Waals surface area contributed by atoms with Gasteiger partial charge in [0.05, 0.1) is 6.10 Å². The predicted molar refractivity (Wildman–Crippen MR) is 68.5 cm³/mol. The third-order valence-corrected chi connectivity index (χ3v) is 3.47. The fourth-order valence-corrected chi connectivity index (χ4v) is 2.57. The van der Waals surface area contributed by atoms with Crippen LogP contribution in [0.25, 0.3) is 0 Å². The molecule has 0 bridgehead atoms. The SMILES string of the molecule is CC(C)CC(O)CNC1CCN(C)CC1C. The molecule has 1 aliphatic rings. The average Bonchev–Trinajstić information content (AvgIpc) is 2.15. The van der Waals surface area contributed by atoms with Crippen molar-refractivity contribution in [1.29, 1.82) is 0 Å². The number of hydrogen-bond donors (Lipinski definition) is 2. The van der Waals surface area contributed by atoms with Crippen LogP contribution in [0.5, 0.6) is 0 Å². The van der Waals surface area contributed by atoms with Crippen molar-refractivity contribution in [3.05, 3.63) is 0 Å². The van der Waals surface area contributed by atoms with Gasteiger partial charge in [0.25, 0.3) is 0 Å². The zero-order valence-electron chi connectivity index (χ0n) is 11.2. The summed E-state index contributed by atoms with van der Waals surface area (Å²) < 4.78 is 0. The number of rotatable bonds is 5. The van der Waals surface area contributed by atoms with E-state index >= 15 is 0 Å². The first-order valence-corrected chi connectivity index (χ1v) is 6.59. The molecule has 0 aliphatic carbocycles. The second-order valence-electron chi connectivity index (χ2n) is 5.83. The number of hydrogen-bond acceptors (Lipinski definition) is 3. The lowest BCUT2D eigenvalue weighted by Crippen LogP contribution is -2.48. The summed E-state index contributed by atoms with van der Waals surface area (Å²) in [6.45, 7) is 9.68. The molecular formula is C13H28N2O. The Labute approximate surface area is 100 Å². The van der Waals surface area contributed by atoms with Crippen LogP contribution in [-0.4, -0.2) is 48.8 Å². The van der Waals surface area contributed by atoms with Gasteiger partial charge < -0.3 is 15.3 Å². The summed E-state index contributed by atoms with van der Waals surface area (Å²) in [5, 5.41) is 13.3. The van der Waals surface area contributed by atoms with Gasteiger partial charge in [-0.3, -0.25) is 0 Å². The molecule has 3 unspecified atom stereocenters. The van der Waals surface area contributed by atoms with Gasteiger partial charge in [-0.25, -0.2) is 0 Å². The first kappa shape index (κ1) is 13.9. The summed E-state index contributed by atoms with van der Waals surface area (Å²) in [7, 11) is 2.18. The van der Waals surface area contributed by atoms with E-state index in [2.05, 4.69) is 38.0 Å². The Morgan fingerprint density at radius 3 is 2.69 bits per heavy atom. The molecular weight excluding hydrogens is 200 g/mol. The zero-order chi connectivity index (χ0) is 12.1. The minimum atomic E-state index is -0.188. The maximum Gasteiger partial charge on any atom is 0.0667 e. The highest BCUT2D eigenvalue weighted by atomic mass is 16.3. The molecule has 0 saturated carbocycles. The van der Waals surface area contributed by atoms with Gasteiger partial charge in [0.2, 0.25) is 0 Å². The summed E-state index contributed by atoms with van der Waals surface area (Å²) in [5.41, 5.74) is 0. The average molecular weight is 228 g/mol. The molecule has 0 spiro atoms. The highest BCUT2D eigenvalue weighted by Gasteiger charge is 2.24. The van der Waals surface area contributed by atoms with Crippen molar-refractivity contribution in [1.82, 2.24) is 10.2 Å². The second-order valence-corrected chi connectivity index (χ2v) is 5.83. The number of nitrogens with zero attached hydrogens (tertiary/aromatic N) is 1. The third kappa shape index (κ3) is 4.81. The molecule has 0 amide bonds. The molecule has 1 fully saturated rings. The minimum Gasteiger partial charge on any atom is -0.392 e. The summed E-state index contributed by atoms with van der Waals surface area (Å²) in [6.07, 6.45) is 1.91. The van der Waals surface area contributed by atoms with Crippen molar-refractivity contribution in [3.8, 4) is 0 Å². The molecule has 3 atom stereocenters. The standard InChI is InChI=1S/C13H28N2O/c1-10(2)7-12(16)8-14-13-5-6-15(4)9-11(13)3/h10-14,16H,5-9H2,1-4H3. The van der Waals surface area contributed by atoms with Crippen molar-refractivity contribution in [2.75, 3.05) is 26.7 Å². The van der Waals surface area contributed by atoms with Gasteiger partial charge >= 0.3 is 0 Å². The first-order chi connectivity index (χ1) is 7.49. The fraction of sp³-hybridized carbons (Fsp3) is 1.00. The Kier molecular flexibility index (Phi) is 5.73. The van der Waals surface area contributed by atoms with Crippen LogP contribution in [0.3, 0.4) is 0 Å². The smallest absolute Gasteiger partial charge is 0.0667 e. The van der Waals surface area contributed by atoms with Crippen LogP contribution in [0.1, 0.15) is 33.6 Å². The number of piperidine rings is 1. The number of nitrogens with one attached hydrogen (secondary N) is 1. The van der Waals surface area contributed by atoms with Crippen LogP contribution < -0.4 is 5.32 Å². The van der Waals surface area contributed by atoms with Crippen LogP contribution in [0.15, 0.2) is 0 Å². The summed E-state index contributed by atoms with van der Waals surface area (Å²) >= 11 is 0. The predicted octanol–water partition coefficient (Wildman–Crippen LogP) is 1.32. The molecule has 0 aromatic rings. The maximum absolute atomic E-state index is 9.82. The van der Waals surface area contributed by atoms with Crippen molar-refractivity contribution < 1.29 is 5.11 Å². The molecule has 1 heterocycles. The van der Waals surface area contributed by atoms with Gasteiger partial charge in [0.15, 0.2) is 0 Å². The molecule has 2 N–H and O–H groups in total. The monoisotopic (exact) mass is 228 g/mol. The molecule has 1 saturated heterocycles. The number of aliphatic hydroxyl groups excluding tert-OH is 1. The van der Waals surface area contributed by atoms with E-state index in [-0.39, 0.29) is 6.10 Å². The van der Waals surface area contributed by atoms with Gasteiger partial charge in [-0.1, -0.05) is 20.8 Å². The molecule has 0 radical (unpaired) electrons. The van der Waals surface area contributed by atoms with E-state index in [1.165, 1.54) is 13.0 Å². The van der Waals surface area contributed by atoms with Gasteiger partial charge in [0.1, 0.15) is 0 Å². The molecule has 16 heavy (non-hydrogen) atoms. The third-order valence-electron chi connectivity index (χ3n) is 3.47. The lowest BCUT2D eigenvalue weighted by molar-refractivity contribution is 0.122. The number of aliphatic hydroxyl groups is 1. The molecule has 0 aromatic carbocycles. The number of likely N-dealkylation sites (tertiary alicyclic amines) is 1. The Balaban J connectivity index is 2.21. The fourth-order valence-electron chi connectivity index (χ4n) is 2.57. The van der Waals surface area contributed by atoms with Gasteiger partial charge in [-0.05, 0) is 38.3 Å². The highest BCUT2D eigenvalue weighted by molar-refractivity contribution is 4.82. The Bertz CT molecular complexity index is 196. The molecule has 96 valence electrons. The summed E-state index contributed by atoms with van der Waals surface area (Å²) in [4.78, 5) is 2.38. The van der Waals surface area contributed by atoms with E-state index in [0.29, 0.717) is 17.9 Å². The van der Waals surface area contributed by atoms with Crippen LogP contribution in [0.4, 0.5) is 0 Å². The van der Waals surface area contributed by atoms with Crippen molar-refractivity contribution in [3.63, 3.8) is 0 Å². The van der Waals surface area contributed by atoms with E-state index < -0.39 is 0 Å². The molecule has 0 aromatic heterocycles. The van der Waals surface area contributed by atoms with E-state index in [9.17, 15) is 5.11 Å². The zero-order valence-corrected chi connectivity index (χ0v) is 11.2. The van der Waals surface area contributed by atoms with Crippen LogP contribution >= 0.6 is 0 Å². The van der Waals surface area contributed by atoms with E-state index in [1.54, 1.807) is 0 Å². The Hall–Kier alpha value is -0.120. The summed E-state index contributed by atoms with van der Waals surface area (Å²) in [5.74, 6) is 1.26. The molecule has 1 aliphatic heterocycles. The van der Waals surface area contributed by atoms with Crippen LogP contribution in [0.2, 0.25) is 0 Å². The maximum atomic E-state index is 9.82.